The molecule has 0 aliphatic rings. The minimum Gasteiger partial charge on any atom is -0.469 e. The van der Waals surface area contributed by atoms with Gasteiger partial charge in [-0.05, 0) is 55.0 Å². The van der Waals surface area contributed by atoms with Crippen molar-refractivity contribution in [3.05, 3.63) is 78.4 Å². The Morgan fingerprint density at radius 1 is 1.11 bits per heavy atom. The van der Waals surface area contributed by atoms with E-state index in [2.05, 4.69) is 15.4 Å². The van der Waals surface area contributed by atoms with Gasteiger partial charge in [0.1, 0.15) is 0 Å². The summed E-state index contributed by atoms with van der Waals surface area (Å²) in [4.78, 5) is 28.7. The summed E-state index contributed by atoms with van der Waals surface area (Å²) in [6.45, 7) is 1.79. The lowest BCUT2D eigenvalue weighted by Crippen LogP contribution is -2.45. The molecule has 7 heteroatoms. The molecule has 0 spiro atoms. The Balaban J connectivity index is 1.83. The predicted octanol–water partition coefficient (Wildman–Crippen LogP) is 2.48. The second-order valence-corrected chi connectivity index (χ2v) is 6.27. The van der Waals surface area contributed by atoms with Gasteiger partial charge in [0.15, 0.2) is 0 Å². The van der Waals surface area contributed by atoms with Crippen molar-refractivity contribution in [2.75, 3.05) is 7.11 Å². The van der Waals surface area contributed by atoms with Crippen molar-refractivity contribution in [3.8, 4) is 5.69 Å². The number of amides is 1. The summed E-state index contributed by atoms with van der Waals surface area (Å²) in [6.07, 6.45) is 6.76. The van der Waals surface area contributed by atoms with Crippen LogP contribution in [0.2, 0.25) is 0 Å². The summed E-state index contributed by atoms with van der Waals surface area (Å²) < 4.78 is 6.50. The van der Waals surface area contributed by atoms with Crippen molar-refractivity contribution in [3.63, 3.8) is 0 Å². The van der Waals surface area contributed by atoms with Crippen molar-refractivity contribution in [2.45, 2.75) is 18.9 Å². The van der Waals surface area contributed by atoms with Crippen LogP contribution in [0, 0.1) is 0 Å². The highest BCUT2D eigenvalue weighted by Gasteiger charge is 2.32. The van der Waals surface area contributed by atoms with E-state index in [0.717, 1.165) is 11.3 Å². The molecule has 0 aliphatic heterocycles. The molecule has 2 aromatic heterocycles. The van der Waals surface area contributed by atoms with Gasteiger partial charge in [-0.15, -0.1) is 0 Å². The van der Waals surface area contributed by atoms with E-state index in [4.69, 9.17) is 4.74 Å². The second-order valence-electron chi connectivity index (χ2n) is 6.27. The number of rotatable bonds is 6. The highest BCUT2D eigenvalue weighted by Crippen LogP contribution is 2.25. The van der Waals surface area contributed by atoms with Gasteiger partial charge in [-0.25, -0.2) is 4.68 Å². The van der Waals surface area contributed by atoms with Crippen LogP contribution in [0.15, 0.2) is 67.3 Å². The van der Waals surface area contributed by atoms with Crippen LogP contribution >= 0.6 is 0 Å². The first-order chi connectivity index (χ1) is 13.0. The third kappa shape index (κ3) is 4.20. The van der Waals surface area contributed by atoms with Gasteiger partial charge >= 0.3 is 5.97 Å². The van der Waals surface area contributed by atoms with Crippen LogP contribution in [0.4, 0.5) is 0 Å². The number of carbonyl (C=O) groups is 2. The molecular weight excluding hydrogens is 344 g/mol. The topological polar surface area (TPSA) is 86.1 Å². The molecule has 0 aliphatic carbocycles. The molecule has 2 heterocycles. The first kappa shape index (κ1) is 18.3. The number of methoxy groups -OCH3 is 1. The van der Waals surface area contributed by atoms with Gasteiger partial charge in [0, 0.05) is 30.4 Å². The van der Waals surface area contributed by atoms with Gasteiger partial charge in [-0.1, -0.05) is 0 Å². The summed E-state index contributed by atoms with van der Waals surface area (Å²) in [6, 6.07) is 12.4. The molecule has 0 saturated carbocycles. The van der Waals surface area contributed by atoms with Crippen LogP contribution in [0.1, 0.15) is 29.3 Å². The molecule has 3 aromatic rings. The fraction of sp³-hybridized carbons (Fsp3) is 0.200. The number of ether oxygens (including phenoxy) is 1. The number of benzene rings is 1. The standard InChI is InChI=1S/C20H20N4O3/c1-20(14-18(25)27-2,16-8-11-21-12-9-16)23-19(26)15-4-6-17(7-5-15)24-13-3-10-22-24/h3-13H,14H2,1-2H3,(H,23,26). The molecule has 0 bridgehead atoms. The van der Waals surface area contributed by atoms with E-state index in [1.54, 1.807) is 54.5 Å². The summed E-state index contributed by atoms with van der Waals surface area (Å²) in [7, 11) is 1.32. The second kappa shape index (κ2) is 7.82. The van der Waals surface area contributed by atoms with E-state index in [9.17, 15) is 9.59 Å². The van der Waals surface area contributed by atoms with E-state index in [-0.39, 0.29) is 12.3 Å². The van der Waals surface area contributed by atoms with E-state index in [0.29, 0.717) is 5.56 Å². The van der Waals surface area contributed by atoms with Crippen molar-refractivity contribution in [1.29, 1.82) is 0 Å². The van der Waals surface area contributed by atoms with Crippen LogP contribution in [0.3, 0.4) is 0 Å². The molecule has 3 rings (SSSR count). The van der Waals surface area contributed by atoms with Crippen LogP contribution < -0.4 is 5.32 Å². The van der Waals surface area contributed by atoms with Crippen molar-refractivity contribution in [2.24, 2.45) is 0 Å². The third-order valence-electron chi connectivity index (χ3n) is 4.33. The molecule has 1 unspecified atom stereocenters. The van der Waals surface area contributed by atoms with Crippen LogP contribution in [0.25, 0.3) is 5.69 Å². The Hall–Kier alpha value is -3.48. The number of nitrogens with zero attached hydrogens (tertiary/aromatic N) is 3. The van der Waals surface area contributed by atoms with Gasteiger partial charge in [0.2, 0.25) is 0 Å². The summed E-state index contributed by atoms with van der Waals surface area (Å²) in [5.41, 5.74) is 1.18. The van der Waals surface area contributed by atoms with Gasteiger partial charge < -0.3 is 10.1 Å². The zero-order valence-corrected chi connectivity index (χ0v) is 15.1. The van der Waals surface area contributed by atoms with E-state index in [1.165, 1.54) is 7.11 Å². The summed E-state index contributed by atoms with van der Waals surface area (Å²) in [5, 5.41) is 7.12. The van der Waals surface area contributed by atoms with Gasteiger partial charge in [0.05, 0.1) is 24.8 Å². The smallest absolute Gasteiger partial charge is 0.308 e. The lowest BCUT2D eigenvalue weighted by molar-refractivity contribution is -0.142. The molecule has 1 N–H and O–H groups in total. The minimum atomic E-state index is -0.923. The van der Waals surface area contributed by atoms with Crippen LogP contribution in [-0.4, -0.2) is 33.8 Å². The van der Waals surface area contributed by atoms with Gasteiger partial charge in [-0.3, -0.25) is 14.6 Å². The molecule has 1 amide bonds. The Bertz CT molecular complexity index is 908. The fourth-order valence-electron chi connectivity index (χ4n) is 2.81. The molecule has 0 saturated heterocycles. The highest BCUT2D eigenvalue weighted by atomic mass is 16.5. The molecule has 1 aromatic carbocycles. The summed E-state index contributed by atoms with van der Waals surface area (Å²) in [5.74, 6) is -0.700. The average Bonchev–Trinajstić information content (AvgIpc) is 3.23. The Morgan fingerprint density at radius 3 is 2.41 bits per heavy atom. The molecule has 0 fully saturated rings. The lowest BCUT2D eigenvalue weighted by Gasteiger charge is -2.30. The maximum absolute atomic E-state index is 12.8. The minimum absolute atomic E-state index is 0.00459. The molecule has 27 heavy (non-hydrogen) atoms. The number of hydrogen-bond donors (Lipinski definition) is 1. The highest BCUT2D eigenvalue weighted by molar-refractivity contribution is 5.95. The monoisotopic (exact) mass is 364 g/mol. The number of nitrogens with one attached hydrogen (secondary N) is 1. The lowest BCUT2D eigenvalue weighted by atomic mass is 9.88. The number of hydrogen-bond acceptors (Lipinski definition) is 5. The molecular formula is C20H20N4O3. The number of pyridine rings is 1. The summed E-state index contributed by atoms with van der Waals surface area (Å²) >= 11 is 0. The van der Waals surface area contributed by atoms with Crippen molar-refractivity contribution < 1.29 is 14.3 Å². The Labute approximate surface area is 157 Å². The van der Waals surface area contributed by atoms with E-state index < -0.39 is 11.5 Å². The average molecular weight is 364 g/mol. The quantitative estimate of drug-likeness (QED) is 0.679. The SMILES string of the molecule is COC(=O)CC(C)(NC(=O)c1ccc(-n2cccn2)cc1)c1ccncc1. The molecule has 1 atom stereocenters. The Kier molecular flexibility index (Phi) is 5.30. The largest absolute Gasteiger partial charge is 0.469 e. The predicted molar refractivity (Wildman–Crippen MR) is 99.3 cm³/mol. The van der Waals surface area contributed by atoms with Gasteiger partial charge in [0.25, 0.3) is 5.91 Å². The van der Waals surface area contributed by atoms with E-state index >= 15 is 0 Å². The van der Waals surface area contributed by atoms with E-state index in [1.807, 2.05) is 24.4 Å². The first-order valence-corrected chi connectivity index (χ1v) is 8.42. The van der Waals surface area contributed by atoms with Crippen molar-refractivity contribution in [1.82, 2.24) is 20.1 Å². The normalized spacial score (nSPS) is 12.8. The maximum atomic E-state index is 12.8. The fourth-order valence-corrected chi connectivity index (χ4v) is 2.81. The third-order valence-corrected chi connectivity index (χ3v) is 4.33. The number of esters is 1. The molecule has 138 valence electrons. The first-order valence-electron chi connectivity index (χ1n) is 8.42. The molecule has 0 radical (unpaired) electrons. The van der Waals surface area contributed by atoms with Crippen molar-refractivity contribution >= 4 is 11.9 Å². The zero-order valence-electron chi connectivity index (χ0n) is 15.1. The number of carbonyl (C=O) groups excluding carboxylic acids is 2. The van der Waals surface area contributed by atoms with Crippen LogP contribution in [-0.2, 0) is 15.1 Å². The van der Waals surface area contributed by atoms with Gasteiger partial charge in [-0.2, -0.15) is 5.10 Å². The Morgan fingerprint density at radius 2 is 1.81 bits per heavy atom. The molecule has 7 nitrogen and oxygen atoms in total. The number of aromatic nitrogens is 3. The zero-order chi connectivity index (χ0) is 19.3. The van der Waals surface area contributed by atoms with Crippen LogP contribution in [0.5, 0.6) is 0 Å². The maximum Gasteiger partial charge on any atom is 0.308 e.